The zero-order chi connectivity index (χ0) is 13.3. The minimum absolute atomic E-state index is 0.160. The first-order chi connectivity index (χ1) is 9.26. The van der Waals surface area contributed by atoms with Crippen molar-refractivity contribution in [3.8, 4) is 6.07 Å². The van der Waals surface area contributed by atoms with E-state index in [2.05, 4.69) is 4.98 Å². The summed E-state index contributed by atoms with van der Waals surface area (Å²) in [5.74, 6) is 0.160. The van der Waals surface area contributed by atoms with E-state index in [-0.39, 0.29) is 17.7 Å². The first kappa shape index (κ1) is 11.7. The van der Waals surface area contributed by atoms with Crippen molar-refractivity contribution in [1.82, 2.24) is 9.55 Å². The number of nitrogens with zero attached hydrogens (tertiary/aromatic N) is 3. The summed E-state index contributed by atoms with van der Waals surface area (Å²) < 4.78 is 1.62. The number of carbonyl (C=O) groups excluding carboxylic acids is 1. The quantitative estimate of drug-likeness (QED) is 0.835. The Labute approximate surface area is 111 Å². The normalized spacial score (nSPS) is 15.7. The van der Waals surface area contributed by atoms with Gasteiger partial charge in [-0.2, -0.15) is 5.26 Å². The molecule has 0 bridgehead atoms. The summed E-state index contributed by atoms with van der Waals surface area (Å²) in [6.45, 7) is 0.220. The van der Waals surface area contributed by atoms with Gasteiger partial charge in [0.25, 0.3) is 0 Å². The molecular formula is C15H13N3O. The van der Waals surface area contributed by atoms with Crippen LogP contribution in [0.2, 0.25) is 0 Å². The van der Waals surface area contributed by atoms with Crippen LogP contribution in [0.4, 0.5) is 0 Å². The van der Waals surface area contributed by atoms with Crippen LogP contribution in [0.15, 0.2) is 42.9 Å². The number of hydrogen-bond acceptors (Lipinski definition) is 3. The van der Waals surface area contributed by atoms with Crippen LogP contribution in [-0.4, -0.2) is 15.3 Å². The van der Waals surface area contributed by atoms with Gasteiger partial charge in [-0.3, -0.25) is 4.79 Å². The number of rotatable bonds is 4. The molecule has 94 valence electrons. The Bertz CT molecular complexity index is 648. The average Bonchev–Trinajstić information content (AvgIpc) is 3.15. The first-order valence-corrected chi connectivity index (χ1v) is 6.25. The van der Waals surface area contributed by atoms with Crippen LogP contribution in [0.3, 0.4) is 0 Å². The molecule has 1 fully saturated rings. The van der Waals surface area contributed by atoms with E-state index in [1.165, 1.54) is 12.5 Å². The fraction of sp³-hybridized carbons (Fsp3) is 0.267. The van der Waals surface area contributed by atoms with Gasteiger partial charge in [0.05, 0.1) is 24.5 Å². The fourth-order valence-corrected chi connectivity index (χ4v) is 2.46. The van der Waals surface area contributed by atoms with Gasteiger partial charge < -0.3 is 4.57 Å². The van der Waals surface area contributed by atoms with Gasteiger partial charge in [-0.05, 0) is 18.4 Å². The maximum Gasteiger partial charge on any atom is 0.163 e. The minimum atomic E-state index is -0.335. The number of Topliss-reactive ketones (excluding diaryl/α,β-unsaturated/α-hetero) is 1. The molecule has 0 amide bonds. The van der Waals surface area contributed by atoms with Gasteiger partial charge in [0.15, 0.2) is 5.78 Å². The lowest BCUT2D eigenvalue weighted by Crippen LogP contribution is -2.25. The van der Waals surface area contributed by atoms with Crippen molar-refractivity contribution in [2.45, 2.75) is 24.8 Å². The van der Waals surface area contributed by atoms with E-state index in [0.29, 0.717) is 5.69 Å². The van der Waals surface area contributed by atoms with Gasteiger partial charge >= 0.3 is 0 Å². The molecule has 1 aliphatic rings. The molecule has 0 N–H and O–H groups in total. The number of benzene rings is 1. The topological polar surface area (TPSA) is 58.7 Å². The van der Waals surface area contributed by atoms with Gasteiger partial charge in [0.2, 0.25) is 0 Å². The molecule has 4 heteroatoms. The number of imidazole rings is 1. The van der Waals surface area contributed by atoms with Gasteiger partial charge in [0.1, 0.15) is 11.8 Å². The van der Waals surface area contributed by atoms with E-state index >= 15 is 0 Å². The molecule has 0 spiro atoms. The van der Waals surface area contributed by atoms with Crippen LogP contribution in [0.1, 0.15) is 24.1 Å². The van der Waals surface area contributed by atoms with Crippen LogP contribution in [0.5, 0.6) is 0 Å². The van der Waals surface area contributed by atoms with Crippen LogP contribution in [0, 0.1) is 11.3 Å². The highest BCUT2D eigenvalue weighted by atomic mass is 16.1. The summed E-state index contributed by atoms with van der Waals surface area (Å²) in [7, 11) is 0. The molecule has 0 atom stereocenters. The fourth-order valence-electron chi connectivity index (χ4n) is 2.46. The predicted molar refractivity (Wildman–Crippen MR) is 69.3 cm³/mol. The molecule has 1 heterocycles. The molecule has 0 unspecified atom stereocenters. The summed E-state index contributed by atoms with van der Waals surface area (Å²) in [5.41, 5.74) is 1.17. The standard InChI is InChI=1S/C15H13N3O/c16-8-13-9-17-11-18(13)10-14(19)15(6-7-15)12-4-2-1-3-5-12/h1-5,9,11H,6-7,10H2. The second-order valence-corrected chi connectivity index (χ2v) is 4.89. The number of carbonyl (C=O) groups is 1. The van der Waals surface area contributed by atoms with Crippen molar-refractivity contribution in [3.05, 3.63) is 54.1 Å². The Morgan fingerprint density at radius 1 is 1.37 bits per heavy atom. The second kappa shape index (κ2) is 4.36. The average molecular weight is 251 g/mol. The lowest BCUT2D eigenvalue weighted by Gasteiger charge is -2.15. The van der Waals surface area contributed by atoms with E-state index in [0.717, 1.165) is 18.4 Å². The number of aromatic nitrogens is 2. The van der Waals surface area contributed by atoms with Crippen LogP contribution in [-0.2, 0) is 16.8 Å². The molecule has 2 aromatic rings. The zero-order valence-corrected chi connectivity index (χ0v) is 10.4. The Morgan fingerprint density at radius 3 is 2.74 bits per heavy atom. The highest BCUT2D eigenvalue weighted by Gasteiger charge is 2.50. The van der Waals surface area contributed by atoms with Crippen molar-refractivity contribution < 1.29 is 4.79 Å². The van der Waals surface area contributed by atoms with Crippen LogP contribution in [0.25, 0.3) is 0 Å². The molecule has 0 saturated heterocycles. The van der Waals surface area contributed by atoms with Crippen LogP contribution >= 0.6 is 0 Å². The number of hydrogen-bond donors (Lipinski definition) is 0. The monoisotopic (exact) mass is 251 g/mol. The van der Waals surface area contributed by atoms with Gasteiger partial charge in [-0.25, -0.2) is 4.98 Å². The van der Waals surface area contributed by atoms with E-state index < -0.39 is 0 Å². The molecule has 0 radical (unpaired) electrons. The molecule has 19 heavy (non-hydrogen) atoms. The maximum absolute atomic E-state index is 12.5. The van der Waals surface area contributed by atoms with Crippen molar-refractivity contribution in [1.29, 1.82) is 5.26 Å². The predicted octanol–water partition coefficient (Wildman–Crippen LogP) is 2.06. The summed E-state index contributed by atoms with van der Waals surface area (Å²) >= 11 is 0. The molecule has 1 saturated carbocycles. The Hall–Kier alpha value is -2.41. The maximum atomic E-state index is 12.5. The SMILES string of the molecule is N#Cc1cncn1CC(=O)C1(c2ccccc2)CC1. The number of nitriles is 1. The molecule has 1 aliphatic carbocycles. The van der Waals surface area contributed by atoms with Crippen molar-refractivity contribution in [3.63, 3.8) is 0 Å². The molecular weight excluding hydrogens is 238 g/mol. The molecule has 1 aromatic heterocycles. The number of ketones is 1. The second-order valence-electron chi connectivity index (χ2n) is 4.89. The lowest BCUT2D eigenvalue weighted by atomic mass is 9.91. The smallest absolute Gasteiger partial charge is 0.163 e. The van der Waals surface area contributed by atoms with E-state index in [1.807, 2.05) is 36.4 Å². The van der Waals surface area contributed by atoms with E-state index in [4.69, 9.17) is 5.26 Å². The third kappa shape index (κ3) is 1.93. The summed E-state index contributed by atoms with van der Waals surface area (Å²) in [4.78, 5) is 16.4. The van der Waals surface area contributed by atoms with E-state index in [9.17, 15) is 4.79 Å². The summed E-state index contributed by atoms with van der Waals surface area (Å²) in [6.07, 6.45) is 4.81. The molecule has 3 rings (SSSR count). The lowest BCUT2D eigenvalue weighted by molar-refractivity contribution is -0.122. The van der Waals surface area contributed by atoms with Gasteiger partial charge in [-0.1, -0.05) is 30.3 Å². The van der Waals surface area contributed by atoms with Crippen LogP contribution < -0.4 is 0 Å². The summed E-state index contributed by atoms with van der Waals surface area (Å²) in [5, 5.41) is 8.93. The Morgan fingerprint density at radius 2 is 2.11 bits per heavy atom. The third-order valence-corrected chi connectivity index (χ3v) is 3.75. The Balaban J connectivity index is 1.84. The van der Waals surface area contributed by atoms with Crippen molar-refractivity contribution in [2.24, 2.45) is 0 Å². The highest BCUT2D eigenvalue weighted by Crippen LogP contribution is 2.49. The summed E-state index contributed by atoms with van der Waals surface area (Å²) in [6, 6.07) is 11.9. The molecule has 4 nitrogen and oxygen atoms in total. The highest BCUT2D eigenvalue weighted by molar-refractivity contribution is 5.93. The third-order valence-electron chi connectivity index (χ3n) is 3.75. The van der Waals surface area contributed by atoms with Crippen molar-refractivity contribution >= 4 is 5.78 Å². The zero-order valence-electron chi connectivity index (χ0n) is 10.4. The largest absolute Gasteiger partial charge is 0.315 e. The van der Waals surface area contributed by atoms with Gasteiger partial charge in [-0.15, -0.1) is 0 Å². The van der Waals surface area contributed by atoms with Gasteiger partial charge in [0, 0.05) is 0 Å². The minimum Gasteiger partial charge on any atom is -0.315 e. The van der Waals surface area contributed by atoms with Crippen molar-refractivity contribution in [2.75, 3.05) is 0 Å². The molecule has 0 aliphatic heterocycles. The molecule has 1 aromatic carbocycles. The van der Waals surface area contributed by atoms with E-state index in [1.54, 1.807) is 4.57 Å². The Kier molecular flexibility index (Phi) is 2.68. The first-order valence-electron chi connectivity index (χ1n) is 6.25.